The molecule has 0 fully saturated rings. The molecule has 2 rings (SSSR count). The summed E-state index contributed by atoms with van der Waals surface area (Å²) in [6.45, 7) is 0.514. The number of non-ortho nitro benzene ring substituents is 1. The largest absolute Gasteiger partial charge is 0.492 e. The third-order valence-corrected chi connectivity index (χ3v) is 4.21. The second-order valence-corrected chi connectivity index (χ2v) is 5.80. The zero-order valence-corrected chi connectivity index (χ0v) is 14.3. The Morgan fingerprint density at radius 2 is 1.86 bits per heavy atom. The van der Waals surface area contributed by atoms with Gasteiger partial charge in [0.05, 0.1) is 16.0 Å². The number of para-hydroxylation sites is 1. The quantitative estimate of drug-likeness (QED) is 0.384. The van der Waals surface area contributed by atoms with E-state index in [0.717, 1.165) is 26.7 Å². The predicted molar refractivity (Wildman–Crippen MR) is 89.1 cm³/mol. The molecule has 0 aliphatic carbocycles. The van der Waals surface area contributed by atoms with Gasteiger partial charge < -0.3 is 4.74 Å². The average molecular weight is 415 g/mol. The molecule has 4 nitrogen and oxygen atoms in total. The van der Waals surface area contributed by atoms with Crippen molar-refractivity contribution in [3.8, 4) is 5.75 Å². The van der Waals surface area contributed by atoms with Crippen LogP contribution in [-0.4, -0.2) is 11.5 Å². The smallest absolute Gasteiger partial charge is 0.269 e. The van der Waals surface area contributed by atoms with Gasteiger partial charge in [-0.2, -0.15) is 0 Å². The lowest BCUT2D eigenvalue weighted by molar-refractivity contribution is -0.384. The Morgan fingerprint density at radius 1 is 1.14 bits per heavy atom. The SMILES string of the molecule is O=[N+]([O-])c1ccc(CCOc2c(Br)cccc2CBr)cc1. The molecule has 0 N–H and O–H groups in total. The summed E-state index contributed by atoms with van der Waals surface area (Å²) < 4.78 is 6.75. The van der Waals surface area contributed by atoms with E-state index < -0.39 is 4.92 Å². The van der Waals surface area contributed by atoms with Crippen LogP contribution in [0, 0.1) is 10.1 Å². The molecule has 0 amide bonds. The van der Waals surface area contributed by atoms with Gasteiger partial charge in [0.2, 0.25) is 0 Å². The highest BCUT2D eigenvalue weighted by atomic mass is 79.9. The van der Waals surface area contributed by atoms with Crippen molar-refractivity contribution in [1.82, 2.24) is 0 Å². The number of ether oxygens (including phenoxy) is 1. The van der Waals surface area contributed by atoms with Crippen LogP contribution in [0.25, 0.3) is 0 Å². The van der Waals surface area contributed by atoms with Gasteiger partial charge in [0.25, 0.3) is 5.69 Å². The van der Waals surface area contributed by atoms with Gasteiger partial charge in [-0.05, 0) is 27.6 Å². The topological polar surface area (TPSA) is 52.4 Å². The molecule has 0 aliphatic rings. The highest BCUT2D eigenvalue weighted by Crippen LogP contribution is 2.30. The summed E-state index contributed by atoms with van der Waals surface area (Å²) in [4.78, 5) is 10.2. The third-order valence-electron chi connectivity index (χ3n) is 2.98. The number of hydrogen-bond donors (Lipinski definition) is 0. The lowest BCUT2D eigenvalue weighted by Crippen LogP contribution is -2.03. The van der Waals surface area contributed by atoms with Gasteiger partial charge in [0.1, 0.15) is 5.75 Å². The third kappa shape index (κ3) is 4.28. The Kier molecular flexibility index (Phi) is 5.76. The van der Waals surface area contributed by atoms with E-state index in [9.17, 15) is 10.1 Å². The van der Waals surface area contributed by atoms with Crippen LogP contribution in [-0.2, 0) is 11.8 Å². The Morgan fingerprint density at radius 3 is 2.48 bits per heavy atom. The summed E-state index contributed by atoms with van der Waals surface area (Å²) in [6, 6.07) is 12.4. The van der Waals surface area contributed by atoms with Gasteiger partial charge in [0.15, 0.2) is 0 Å². The molecule has 0 unspecified atom stereocenters. The van der Waals surface area contributed by atoms with Crippen LogP contribution in [0.3, 0.4) is 0 Å². The predicted octanol–water partition coefficient (Wildman–Crippen LogP) is 4.87. The fraction of sp³-hybridized carbons (Fsp3) is 0.200. The first-order chi connectivity index (χ1) is 10.1. The number of benzene rings is 2. The normalized spacial score (nSPS) is 10.4. The molecule has 0 heterocycles. The molecule has 0 saturated carbocycles. The molecule has 21 heavy (non-hydrogen) atoms. The summed E-state index contributed by atoms with van der Waals surface area (Å²) >= 11 is 6.92. The Bertz CT molecular complexity index is 629. The van der Waals surface area contributed by atoms with Gasteiger partial charge >= 0.3 is 0 Å². The Balaban J connectivity index is 1.97. The second-order valence-electron chi connectivity index (χ2n) is 4.38. The van der Waals surface area contributed by atoms with Gasteiger partial charge in [-0.1, -0.05) is 40.2 Å². The van der Waals surface area contributed by atoms with Crippen molar-refractivity contribution >= 4 is 37.5 Å². The number of halogens is 2. The molecule has 6 heteroatoms. The van der Waals surface area contributed by atoms with Crippen molar-refractivity contribution in [3.63, 3.8) is 0 Å². The fourth-order valence-electron chi connectivity index (χ4n) is 1.88. The molecule has 2 aromatic rings. The van der Waals surface area contributed by atoms with Crippen LogP contribution < -0.4 is 4.74 Å². The van der Waals surface area contributed by atoms with Crippen LogP contribution in [0.2, 0.25) is 0 Å². The zero-order chi connectivity index (χ0) is 15.2. The monoisotopic (exact) mass is 413 g/mol. The molecule has 0 saturated heterocycles. The summed E-state index contributed by atoms with van der Waals surface area (Å²) in [5, 5.41) is 11.3. The van der Waals surface area contributed by atoms with Crippen molar-refractivity contribution in [2.75, 3.05) is 6.61 Å². The van der Waals surface area contributed by atoms with Crippen molar-refractivity contribution < 1.29 is 9.66 Å². The molecule has 0 aromatic heterocycles. The van der Waals surface area contributed by atoms with E-state index in [2.05, 4.69) is 31.9 Å². The maximum absolute atomic E-state index is 10.6. The summed E-state index contributed by atoms with van der Waals surface area (Å²) in [7, 11) is 0. The first kappa shape index (κ1) is 16.0. The standard InChI is InChI=1S/C15H13Br2NO3/c16-10-12-2-1-3-14(17)15(12)21-9-8-11-4-6-13(7-5-11)18(19)20/h1-7H,8-10H2. The molecule has 0 bridgehead atoms. The van der Waals surface area contributed by atoms with Crippen LogP contribution in [0.15, 0.2) is 46.9 Å². The molecule has 110 valence electrons. The van der Waals surface area contributed by atoms with Crippen LogP contribution in [0.4, 0.5) is 5.69 Å². The first-order valence-electron chi connectivity index (χ1n) is 6.31. The Labute approximate surface area is 139 Å². The summed E-state index contributed by atoms with van der Waals surface area (Å²) in [5.74, 6) is 0.830. The van der Waals surface area contributed by atoms with E-state index in [-0.39, 0.29) is 5.69 Å². The molecule has 0 radical (unpaired) electrons. The van der Waals surface area contributed by atoms with E-state index in [0.29, 0.717) is 13.0 Å². The lowest BCUT2D eigenvalue weighted by atomic mass is 10.1. The van der Waals surface area contributed by atoms with Crippen molar-refractivity contribution in [2.24, 2.45) is 0 Å². The highest BCUT2D eigenvalue weighted by molar-refractivity contribution is 9.10. The van der Waals surface area contributed by atoms with Crippen molar-refractivity contribution in [2.45, 2.75) is 11.8 Å². The van der Waals surface area contributed by atoms with E-state index >= 15 is 0 Å². The summed E-state index contributed by atoms with van der Waals surface area (Å²) in [5.41, 5.74) is 2.19. The van der Waals surface area contributed by atoms with Crippen LogP contribution >= 0.6 is 31.9 Å². The first-order valence-corrected chi connectivity index (χ1v) is 8.22. The Hall–Kier alpha value is -1.40. The number of rotatable bonds is 6. The van der Waals surface area contributed by atoms with Crippen LogP contribution in [0.5, 0.6) is 5.75 Å². The minimum absolute atomic E-state index is 0.104. The number of nitrogens with zero attached hydrogens (tertiary/aromatic N) is 1. The molecule has 2 aromatic carbocycles. The second kappa shape index (κ2) is 7.56. The van der Waals surface area contributed by atoms with Gasteiger partial charge in [-0.3, -0.25) is 10.1 Å². The summed E-state index contributed by atoms with van der Waals surface area (Å²) in [6.07, 6.45) is 0.695. The van der Waals surface area contributed by atoms with Crippen LogP contribution in [0.1, 0.15) is 11.1 Å². The molecular weight excluding hydrogens is 402 g/mol. The number of hydrogen-bond acceptors (Lipinski definition) is 3. The number of alkyl halides is 1. The molecule has 0 atom stereocenters. The van der Waals surface area contributed by atoms with Gasteiger partial charge in [0, 0.05) is 29.4 Å². The number of nitro groups is 1. The van der Waals surface area contributed by atoms with E-state index in [1.54, 1.807) is 12.1 Å². The minimum Gasteiger partial charge on any atom is -0.492 e. The molecule has 0 aliphatic heterocycles. The van der Waals surface area contributed by atoms with E-state index in [1.807, 2.05) is 18.2 Å². The van der Waals surface area contributed by atoms with Gasteiger partial charge in [-0.25, -0.2) is 0 Å². The highest BCUT2D eigenvalue weighted by Gasteiger charge is 2.08. The van der Waals surface area contributed by atoms with E-state index in [1.165, 1.54) is 12.1 Å². The lowest BCUT2D eigenvalue weighted by Gasteiger charge is -2.12. The zero-order valence-electron chi connectivity index (χ0n) is 11.1. The average Bonchev–Trinajstić information content (AvgIpc) is 2.49. The molecule has 0 spiro atoms. The molecular formula is C15H13Br2NO3. The van der Waals surface area contributed by atoms with Crippen molar-refractivity contribution in [3.05, 3.63) is 68.2 Å². The fourth-order valence-corrected chi connectivity index (χ4v) is 2.84. The maximum atomic E-state index is 10.6. The van der Waals surface area contributed by atoms with Crippen molar-refractivity contribution in [1.29, 1.82) is 0 Å². The minimum atomic E-state index is -0.399. The van der Waals surface area contributed by atoms with E-state index in [4.69, 9.17) is 4.74 Å². The number of nitro benzene ring substituents is 1. The van der Waals surface area contributed by atoms with Gasteiger partial charge in [-0.15, -0.1) is 0 Å². The maximum Gasteiger partial charge on any atom is 0.269 e.